The third kappa shape index (κ3) is 3.80. The van der Waals surface area contributed by atoms with Crippen LogP contribution in [-0.4, -0.2) is 24.4 Å². The van der Waals surface area contributed by atoms with Gasteiger partial charge in [-0.3, -0.25) is 9.59 Å². The van der Waals surface area contributed by atoms with Crippen LogP contribution in [-0.2, 0) is 9.59 Å². The summed E-state index contributed by atoms with van der Waals surface area (Å²) >= 11 is 0. The van der Waals surface area contributed by atoms with Gasteiger partial charge in [-0.05, 0) is 51.0 Å². The summed E-state index contributed by atoms with van der Waals surface area (Å²) in [5, 5.41) is 2.81. The third-order valence-corrected chi connectivity index (χ3v) is 3.57. The Balaban J connectivity index is 2.20. The van der Waals surface area contributed by atoms with Crippen LogP contribution in [0.25, 0.3) is 0 Å². The first-order valence-corrected chi connectivity index (χ1v) is 7.36. The molecule has 0 saturated carbocycles. The molecule has 4 nitrogen and oxygen atoms in total. The molecule has 1 heterocycles. The molecule has 1 unspecified atom stereocenters. The van der Waals surface area contributed by atoms with Gasteiger partial charge >= 0.3 is 0 Å². The zero-order chi connectivity index (χ0) is 15.4. The monoisotopic (exact) mass is 292 g/mol. The molecule has 21 heavy (non-hydrogen) atoms. The highest BCUT2D eigenvalue weighted by atomic mass is 19.1. The summed E-state index contributed by atoms with van der Waals surface area (Å²) in [6.45, 7) is 4.31. The third-order valence-electron chi connectivity index (χ3n) is 3.57. The molecule has 1 aliphatic rings. The number of rotatable bonds is 3. The van der Waals surface area contributed by atoms with Crippen LogP contribution in [0.5, 0.6) is 0 Å². The molecule has 1 aromatic carbocycles. The number of benzene rings is 1. The summed E-state index contributed by atoms with van der Waals surface area (Å²) in [4.78, 5) is 26.4. The first kappa shape index (κ1) is 15.5. The summed E-state index contributed by atoms with van der Waals surface area (Å²) in [6.07, 6.45) is 2.24. The van der Waals surface area contributed by atoms with Crippen molar-refractivity contribution in [2.24, 2.45) is 5.92 Å². The van der Waals surface area contributed by atoms with Gasteiger partial charge in [-0.1, -0.05) is 6.42 Å². The second kappa shape index (κ2) is 6.70. The number of carbonyl (C=O) groups is 2. The second-order valence-corrected chi connectivity index (χ2v) is 5.68. The topological polar surface area (TPSA) is 49.4 Å². The Morgan fingerprint density at radius 2 is 1.95 bits per heavy atom. The predicted octanol–water partition coefficient (Wildman–Crippen LogP) is 2.48. The van der Waals surface area contributed by atoms with Crippen LogP contribution in [0, 0.1) is 11.7 Å². The number of amides is 2. The number of nitrogens with zero attached hydrogens (tertiary/aromatic N) is 1. The highest BCUT2D eigenvalue weighted by Crippen LogP contribution is 2.24. The summed E-state index contributed by atoms with van der Waals surface area (Å²) in [6, 6.07) is 5.83. The number of anilines is 1. The number of hydrogen-bond acceptors (Lipinski definition) is 2. The molecule has 1 saturated heterocycles. The lowest BCUT2D eigenvalue weighted by atomic mass is 10.0. The smallest absolute Gasteiger partial charge is 0.239 e. The standard InChI is InChI=1S/C16H21FN2O2/c1-11(2)18-15(20)14-5-3-4-10-19(16(14)21)13-8-6-12(17)7-9-13/h6-9,11,14H,3-5,10H2,1-2H3,(H,18,20). The lowest BCUT2D eigenvalue weighted by molar-refractivity contribution is -0.134. The zero-order valence-corrected chi connectivity index (χ0v) is 12.4. The van der Waals surface area contributed by atoms with Crippen molar-refractivity contribution in [3.05, 3.63) is 30.1 Å². The zero-order valence-electron chi connectivity index (χ0n) is 12.4. The van der Waals surface area contributed by atoms with E-state index in [0.717, 1.165) is 12.8 Å². The van der Waals surface area contributed by atoms with E-state index in [-0.39, 0.29) is 23.7 Å². The molecule has 0 aromatic heterocycles. The van der Waals surface area contributed by atoms with Gasteiger partial charge in [0, 0.05) is 18.3 Å². The van der Waals surface area contributed by atoms with Gasteiger partial charge in [0.25, 0.3) is 0 Å². The molecule has 0 radical (unpaired) electrons. The molecule has 1 atom stereocenters. The Morgan fingerprint density at radius 3 is 2.57 bits per heavy atom. The van der Waals surface area contributed by atoms with Crippen molar-refractivity contribution in [1.82, 2.24) is 5.32 Å². The minimum absolute atomic E-state index is 0.00724. The fourth-order valence-corrected chi connectivity index (χ4v) is 2.55. The van der Waals surface area contributed by atoms with Crippen LogP contribution in [0.1, 0.15) is 33.1 Å². The maximum atomic E-state index is 13.0. The highest BCUT2D eigenvalue weighted by Gasteiger charge is 2.33. The maximum absolute atomic E-state index is 13.0. The lowest BCUT2D eigenvalue weighted by Gasteiger charge is -2.24. The summed E-state index contributed by atoms with van der Waals surface area (Å²) in [5.74, 6) is -1.41. The van der Waals surface area contributed by atoms with Crippen molar-refractivity contribution in [1.29, 1.82) is 0 Å². The van der Waals surface area contributed by atoms with Crippen molar-refractivity contribution in [2.45, 2.75) is 39.2 Å². The van der Waals surface area contributed by atoms with Crippen LogP contribution >= 0.6 is 0 Å². The average Bonchev–Trinajstić information content (AvgIpc) is 2.61. The Kier molecular flexibility index (Phi) is 4.94. The summed E-state index contributed by atoms with van der Waals surface area (Å²) in [7, 11) is 0. The number of carbonyl (C=O) groups excluding carboxylic acids is 2. The number of hydrogen-bond donors (Lipinski definition) is 1. The van der Waals surface area contributed by atoms with E-state index in [2.05, 4.69) is 5.32 Å². The van der Waals surface area contributed by atoms with E-state index in [9.17, 15) is 14.0 Å². The highest BCUT2D eigenvalue weighted by molar-refractivity contribution is 6.07. The molecule has 0 spiro atoms. The van der Waals surface area contributed by atoms with E-state index < -0.39 is 5.92 Å². The van der Waals surface area contributed by atoms with Crippen molar-refractivity contribution in [2.75, 3.05) is 11.4 Å². The van der Waals surface area contributed by atoms with E-state index in [1.165, 1.54) is 12.1 Å². The van der Waals surface area contributed by atoms with Crippen molar-refractivity contribution >= 4 is 17.5 Å². The van der Waals surface area contributed by atoms with Crippen molar-refractivity contribution in [3.63, 3.8) is 0 Å². The van der Waals surface area contributed by atoms with Crippen LogP contribution in [0.4, 0.5) is 10.1 Å². The van der Waals surface area contributed by atoms with Crippen LogP contribution in [0.2, 0.25) is 0 Å². The summed E-state index contributed by atoms with van der Waals surface area (Å²) < 4.78 is 13.0. The molecule has 0 bridgehead atoms. The van der Waals surface area contributed by atoms with Gasteiger partial charge in [-0.15, -0.1) is 0 Å². The van der Waals surface area contributed by atoms with Crippen molar-refractivity contribution in [3.8, 4) is 0 Å². The van der Waals surface area contributed by atoms with Gasteiger partial charge in [-0.25, -0.2) is 4.39 Å². The van der Waals surface area contributed by atoms with E-state index in [1.54, 1.807) is 17.0 Å². The Labute approximate surface area is 124 Å². The minimum Gasteiger partial charge on any atom is -0.353 e. The number of halogens is 1. The molecule has 2 rings (SSSR count). The van der Waals surface area contributed by atoms with Gasteiger partial charge in [-0.2, -0.15) is 0 Å². The maximum Gasteiger partial charge on any atom is 0.239 e. The predicted molar refractivity (Wildman–Crippen MR) is 79.4 cm³/mol. The average molecular weight is 292 g/mol. The SMILES string of the molecule is CC(C)NC(=O)C1CCCCN(c2ccc(F)cc2)C1=O. The Morgan fingerprint density at radius 1 is 1.29 bits per heavy atom. The molecular formula is C16H21FN2O2. The molecule has 1 fully saturated rings. The molecule has 1 aromatic rings. The second-order valence-electron chi connectivity index (χ2n) is 5.68. The normalized spacial score (nSPS) is 19.5. The first-order chi connectivity index (χ1) is 9.99. The van der Waals surface area contributed by atoms with Crippen molar-refractivity contribution < 1.29 is 14.0 Å². The molecule has 1 aliphatic heterocycles. The minimum atomic E-state index is -0.653. The fourth-order valence-electron chi connectivity index (χ4n) is 2.55. The molecule has 0 aliphatic carbocycles. The molecule has 1 N–H and O–H groups in total. The lowest BCUT2D eigenvalue weighted by Crippen LogP contribution is -2.44. The molecule has 5 heteroatoms. The Bertz CT molecular complexity index is 514. The van der Waals surface area contributed by atoms with E-state index in [0.29, 0.717) is 18.7 Å². The fraction of sp³-hybridized carbons (Fsp3) is 0.500. The first-order valence-electron chi connectivity index (χ1n) is 7.36. The summed E-state index contributed by atoms with van der Waals surface area (Å²) in [5.41, 5.74) is 0.644. The van der Waals surface area contributed by atoms with E-state index in [1.807, 2.05) is 13.8 Å². The Hall–Kier alpha value is -1.91. The number of nitrogens with one attached hydrogen (secondary N) is 1. The van der Waals surface area contributed by atoms with Gasteiger partial charge in [0.05, 0.1) is 0 Å². The van der Waals surface area contributed by atoms with Gasteiger partial charge in [0.15, 0.2) is 0 Å². The van der Waals surface area contributed by atoms with Crippen LogP contribution in [0.3, 0.4) is 0 Å². The molecule has 114 valence electrons. The molecular weight excluding hydrogens is 271 g/mol. The quantitative estimate of drug-likeness (QED) is 0.870. The van der Waals surface area contributed by atoms with Gasteiger partial charge in [0.1, 0.15) is 11.7 Å². The van der Waals surface area contributed by atoms with E-state index in [4.69, 9.17) is 0 Å². The van der Waals surface area contributed by atoms with E-state index >= 15 is 0 Å². The molecule has 2 amide bonds. The van der Waals surface area contributed by atoms with Gasteiger partial charge < -0.3 is 10.2 Å². The van der Waals surface area contributed by atoms with Gasteiger partial charge in [0.2, 0.25) is 11.8 Å². The van der Waals surface area contributed by atoms with Crippen LogP contribution in [0.15, 0.2) is 24.3 Å². The largest absolute Gasteiger partial charge is 0.353 e. The van der Waals surface area contributed by atoms with Crippen LogP contribution < -0.4 is 10.2 Å².